The van der Waals surface area contributed by atoms with Gasteiger partial charge in [-0.25, -0.2) is 0 Å². The lowest BCUT2D eigenvalue weighted by molar-refractivity contribution is 0.268. The van der Waals surface area contributed by atoms with E-state index in [0.29, 0.717) is 18.1 Å². The number of nitrogens with one attached hydrogen (secondary N) is 1. The smallest absolute Gasteiger partial charge is 0.488 e. The van der Waals surface area contributed by atoms with E-state index in [1.165, 1.54) is 19.3 Å². The van der Waals surface area contributed by atoms with Gasteiger partial charge >= 0.3 is 7.12 Å². The fourth-order valence-corrected chi connectivity index (χ4v) is 2.23. The molecule has 1 fully saturated rings. The molecule has 1 unspecified atom stereocenters. The van der Waals surface area contributed by atoms with E-state index in [-0.39, 0.29) is 0 Å². The summed E-state index contributed by atoms with van der Waals surface area (Å²) in [6.07, 6.45) is 4.84. The van der Waals surface area contributed by atoms with Crippen molar-refractivity contribution in [2.75, 3.05) is 13.2 Å². The lowest BCUT2D eigenvalue weighted by Crippen LogP contribution is -2.35. The van der Waals surface area contributed by atoms with Crippen LogP contribution in [-0.4, -0.2) is 36.4 Å². The van der Waals surface area contributed by atoms with Crippen molar-refractivity contribution < 1.29 is 14.8 Å². The predicted octanol–water partition coefficient (Wildman–Crippen LogP) is 0.277. The minimum Gasteiger partial charge on any atom is -0.494 e. The lowest BCUT2D eigenvalue weighted by atomic mass is 9.80. The standard InChI is InChI=1S/C13H20BNO3/c16-14(17)11-4-6-13(7-5-11)18-10-8-12-3-1-2-9-15-12/h4-7,12,15-17H,1-3,8-10H2. The molecule has 5 heteroatoms. The fourth-order valence-electron chi connectivity index (χ4n) is 2.23. The average Bonchev–Trinajstić information content (AvgIpc) is 2.40. The molecular formula is C13H20BNO3. The van der Waals surface area contributed by atoms with Gasteiger partial charge in [-0.15, -0.1) is 0 Å². The molecule has 0 aromatic heterocycles. The molecule has 1 aliphatic heterocycles. The molecule has 18 heavy (non-hydrogen) atoms. The number of rotatable bonds is 5. The number of hydrogen-bond donors (Lipinski definition) is 3. The maximum atomic E-state index is 8.97. The summed E-state index contributed by atoms with van der Waals surface area (Å²) in [6.45, 7) is 1.81. The van der Waals surface area contributed by atoms with E-state index >= 15 is 0 Å². The minimum absolute atomic E-state index is 0.483. The van der Waals surface area contributed by atoms with Crippen molar-refractivity contribution in [3.8, 4) is 5.75 Å². The Labute approximate surface area is 108 Å². The van der Waals surface area contributed by atoms with Crippen LogP contribution in [0.2, 0.25) is 0 Å². The third-order valence-electron chi connectivity index (χ3n) is 3.33. The van der Waals surface area contributed by atoms with E-state index in [9.17, 15) is 0 Å². The summed E-state index contributed by atoms with van der Waals surface area (Å²) >= 11 is 0. The second-order valence-electron chi connectivity index (χ2n) is 4.73. The molecule has 0 saturated carbocycles. The van der Waals surface area contributed by atoms with Crippen molar-refractivity contribution in [1.82, 2.24) is 5.32 Å². The highest BCUT2D eigenvalue weighted by Gasteiger charge is 2.12. The van der Waals surface area contributed by atoms with Gasteiger partial charge in [-0.3, -0.25) is 0 Å². The van der Waals surface area contributed by atoms with Crippen LogP contribution < -0.4 is 15.5 Å². The number of piperidine rings is 1. The highest BCUT2D eigenvalue weighted by molar-refractivity contribution is 6.58. The largest absolute Gasteiger partial charge is 0.494 e. The molecule has 1 saturated heterocycles. The predicted molar refractivity (Wildman–Crippen MR) is 72.0 cm³/mol. The molecule has 1 atom stereocenters. The number of hydrogen-bond acceptors (Lipinski definition) is 4. The van der Waals surface area contributed by atoms with Crippen molar-refractivity contribution in [2.45, 2.75) is 31.7 Å². The van der Waals surface area contributed by atoms with Crippen molar-refractivity contribution in [3.05, 3.63) is 24.3 Å². The first-order chi connectivity index (χ1) is 8.75. The molecule has 1 heterocycles. The molecule has 1 aliphatic rings. The summed E-state index contributed by atoms with van der Waals surface area (Å²) in [5.74, 6) is 0.773. The molecule has 0 aliphatic carbocycles. The molecule has 0 radical (unpaired) electrons. The summed E-state index contributed by atoms with van der Waals surface area (Å²) < 4.78 is 5.64. The van der Waals surface area contributed by atoms with Crippen LogP contribution in [0.5, 0.6) is 5.75 Å². The van der Waals surface area contributed by atoms with Gasteiger partial charge in [0.05, 0.1) is 6.61 Å². The molecule has 0 bridgehead atoms. The summed E-state index contributed by atoms with van der Waals surface area (Å²) in [6, 6.07) is 7.45. The minimum atomic E-state index is -1.41. The second-order valence-corrected chi connectivity index (χ2v) is 4.73. The van der Waals surface area contributed by atoms with Crippen LogP contribution in [0.15, 0.2) is 24.3 Å². The molecule has 98 valence electrons. The van der Waals surface area contributed by atoms with Crippen LogP contribution in [0.3, 0.4) is 0 Å². The monoisotopic (exact) mass is 249 g/mol. The third-order valence-corrected chi connectivity index (χ3v) is 3.33. The number of ether oxygens (including phenoxy) is 1. The van der Waals surface area contributed by atoms with E-state index in [0.717, 1.165) is 18.7 Å². The number of benzene rings is 1. The second kappa shape index (κ2) is 6.78. The van der Waals surface area contributed by atoms with Gasteiger partial charge in [0.2, 0.25) is 0 Å². The molecule has 2 rings (SSSR count). The SMILES string of the molecule is OB(O)c1ccc(OCCC2CCCCN2)cc1. The van der Waals surface area contributed by atoms with Gasteiger partial charge in [-0.2, -0.15) is 0 Å². The van der Waals surface area contributed by atoms with Gasteiger partial charge in [0.15, 0.2) is 0 Å². The molecule has 4 nitrogen and oxygen atoms in total. The Morgan fingerprint density at radius 2 is 2.00 bits per heavy atom. The van der Waals surface area contributed by atoms with Gasteiger partial charge in [0, 0.05) is 6.04 Å². The maximum absolute atomic E-state index is 8.97. The summed E-state index contributed by atoms with van der Waals surface area (Å²) in [5.41, 5.74) is 0.483. The van der Waals surface area contributed by atoms with E-state index in [1.807, 2.05) is 0 Å². The Morgan fingerprint density at radius 1 is 1.22 bits per heavy atom. The Kier molecular flexibility index (Phi) is 5.05. The van der Waals surface area contributed by atoms with E-state index in [1.54, 1.807) is 24.3 Å². The van der Waals surface area contributed by atoms with Crippen LogP contribution in [0.25, 0.3) is 0 Å². The van der Waals surface area contributed by atoms with Crippen molar-refractivity contribution in [2.24, 2.45) is 0 Å². The van der Waals surface area contributed by atoms with Crippen LogP contribution in [-0.2, 0) is 0 Å². The molecule has 0 amide bonds. The van der Waals surface area contributed by atoms with Crippen LogP contribution in [0.1, 0.15) is 25.7 Å². The van der Waals surface area contributed by atoms with Gasteiger partial charge in [0.1, 0.15) is 5.75 Å². The van der Waals surface area contributed by atoms with Gasteiger partial charge < -0.3 is 20.1 Å². The molecule has 1 aromatic carbocycles. The van der Waals surface area contributed by atoms with Gasteiger partial charge in [-0.1, -0.05) is 18.6 Å². The van der Waals surface area contributed by atoms with E-state index in [4.69, 9.17) is 14.8 Å². The average molecular weight is 249 g/mol. The first-order valence-corrected chi connectivity index (χ1v) is 6.58. The maximum Gasteiger partial charge on any atom is 0.488 e. The summed E-state index contributed by atoms with van der Waals surface area (Å²) in [7, 11) is -1.41. The zero-order valence-electron chi connectivity index (χ0n) is 10.5. The van der Waals surface area contributed by atoms with Crippen LogP contribution in [0, 0.1) is 0 Å². The highest BCUT2D eigenvalue weighted by atomic mass is 16.5. The zero-order chi connectivity index (χ0) is 12.8. The summed E-state index contributed by atoms with van der Waals surface area (Å²) in [5, 5.41) is 21.4. The van der Waals surface area contributed by atoms with Crippen molar-refractivity contribution >= 4 is 12.6 Å². The van der Waals surface area contributed by atoms with Crippen LogP contribution >= 0.6 is 0 Å². The zero-order valence-corrected chi connectivity index (χ0v) is 10.5. The highest BCUT2D eigenvalue weighted by Crippen LogP contribution is 2.12. The Hall–Kier alpha value is -1.04. The Morgan fingerprint density at radius 3 is 2.61 bits per heavy atom. The third kappa shape index (κ3) is 4.01. The fraction of sp³-hybridized carbons (Fsp3) is 0.538. The first-order valence-electron chi connectivity index (χ1n) is 6.58. The van der Waals surface area contributed by atoms with Crippen molar-refractivity contribution in [3.63, 3.8) is 0 Å². The van der Waals surface area contributed by atoms with E-state index in [2.05, 4.69) is 5.32 Å². The Bertz CT molecular complexity index is 350. The Balaban J connectivity index is 1.72. The summed E-state index contributed by atoms with van der Waals surface area (Å²) in [4.78, 5) is 0. The molecule has 0 spiro atoms. The quantitative estimate of drug-likeness (QED) is 0.656. The topological polar surface area (TPSA) is 61.7 Å². The molecule has 3 N–H and O–H groups in total. The van der Waals surface area contributed by atoms with Gasteiger partial charge in [0.25, 0.3) is 0 Å². The van der Waals surface area contributed by atoms with E-state index < -0.39 is 7.12 Å². The van der Waals surface area contributed by atoms with Crippen LogP contribution in [0.4, 0.5) is 0 Å². The molecular weight excluding hydrogens is 229 g/mol. The van der Waals surface area contributed by atoms with Gasteiger partial charge in [-0.05, 0) is 43.4 Å². The molecule has 1 aromatic rings. The first kappa shape index (κ1) is 13.4. The lowest BCUT2D eigenvalue weighted by Gasteiger charge is -2.23. The normalized spacial score (nSPS) is 19.6. The van der Waals surface area contributed by atoms with Crippen molar-refractivity contribution in [1.29, 1.82) is 0 Å².